The zero-order chi connectivity index (χ0) is 21.5. The van der Waals surface area contributed by atoms with Crippen LogP contribution >= 0.6 is 0 Å². The van der Waals surface area contributed by atoms with E-state index in [1.807, 2.05) is 36.4 Å². The van der Waals surface area contributed by atoms with Gasteiger partial charge in [-0.25, -0.2) is 0 Å². The summed E-state index contributed by atoms with van der Waals surface area (Å²) in [6.45, 7) is 0.181. The summed E-state index contributed by atoms with van der Waals surface area (Å²) in [6.07, 6.45) is 1.13. The zero-order valence-corrected chi connectivity index (χ0v) is 17.4. The lowest BCUT2D eigenvalue weighted by molar-refractivity contribution is -0.122. The number of methoxy groups -OCH3 is 2. The lowest BCUT2D eigenvalue weighted by Gasteiger charge is -2.35. The van der Waals surface area contributed by atoms with E-state index in [0.717, 1.165) is 11.1 Å². The van der Waals surface area contributed by atoms with Crippen LogP contribution in [0.5, 0.6) is 23.0 Å². The van der Waals surface area contributed by atoms with E-state index >= 15 is 0 Å². The fourth-order valence-corrected chi connectivity index (χ4v) is 4.75. The highest BCUT2D eigenvalue weighted by atomic mass is 16.7. The van der Waals surface area contributed by atoms with Gasteiger partial charge in [0.05, 0.1) is 14.2 Å². The highest BCUT2D eigenvalue weighted by Gasteiger charge is 2.39. The van der Waals surface area contributed by atoms with Crippen LogP contribution in [0.1, 0.15) is 42.2 Å². The topological polar surface area (TPSA) is 83.1 Å². The van der Waals surface area contributed by atoms with E-state index in [-0.39, 0.29) is 36.7 Å². The standard InChI is InChI=1S/C24H23NO6/c1-28-15-4-6-20(29-2)16(10-15)14-7-18-24(19(26)8-14)17(11-23(27)25-18)13-3-5-21-22(9-13)31-12-30-21/h3-6,9-10,14,17H,7-8,11-12H2,1-2H3,(H,25,27)/t14-,17+/m1/s1. The quantitative estimate of drug-likeness (QED) is 0.814. The Kier molecular flexibility index (Phi) is 4.81. The maximum absolute atomic E-state index is 13.4. The van der Waals surface area contributed by atoms with Crippen molar-refractivity contribution in [2.75, 3.05) is 21.0 Å². The molecule has 0 saturated heterocycles. The Hall–Kier alpha value is -3.48. The first-order valence-corrected chi connectivity index (χ1v) is 10.2. The number of hydrogen-bond donors (Lipinski definition) is 1. The minimum absolute atomic E-state index is 0.0405. The van der Waals surface area contributed by atoms with Gasteiger partial charge in [0.1, 0.15) is 11.5 Å². The van der Waals surface area contributed by atoms with Gasteiger partial charge in [0, 0.05) is 41.5 Å². The molecule has 0 spiro atoms. The number of ether oxygens (including phenoxy) is 4. The van der Waals surface area contributed by atoms with Gasteiger partial charge in [-0.1, -0.05) is 6.07 Å². The van der Waals surface area contributed by atoms with Crippen LogP contribution in [-0.4, -0.2) is 32.7 Å². The van der Waals surface area contributed by atoms with Crippen LogP contribution in [0.4, 0.5) is 0 Å². The van der Waals surface area contributed by atoms with E-state index in [2.05, 4.69) is 5.32 Å². The molecule has 2 aromatic carbocycles. The van der Waals surface area contributed by atoms with Crippen molar-refractivity contribution in [1.82, 2.24) is 5.32 Å². The Morgan fingerprint density at radius 2 is 1.77 bits per heavy atom. The molecule has 2 aromatic rings. The maximum atomic E-state index is 13.4. The molecule has 0 saturated carbocycles. The van der Waals surface area contributed by atoms with Gasteiger partial charge >= 0.3 is 0 Å². The first-order chi connectivity index (χ1) is 15.1. The van der Waals surface area contributed by atoms with Crippen molar-refractivity contribution in [3.63, 3.8) is 0 Å². The van der Waals surface area contributed by atoms with E-state index in [0.29, 0.717) is 47.1 Å². The molecule has 0 bridgehead atoms. The summed E-state index contributed by atoms with van der Waals surface area (Å²) < 4.78 is 21.8. The minimum atomic E-state index is -0.293. The lowest BCUT2D eigenvalue weighted by atomic mass is 9.73. The summed E-state index contributed by atoms with van der Waals surface area (Å²) in [7, 11) is 3.22. The second-order valence-corrected chi connectivity index (χ2v) is 7.95. The van der Waals surface area contributed by atoms with Gasteiger partial charge in [0.2, 0.25) is 12.7 Å². The van der Waals surface area contributed by atoms with Crippen LogP contribution in [0.25, 0.3) is 0 Å². The number of hydrogen-bond acceptors (Lipinski definition) is 6. The van der Waals surface area contributed by atoms with Crippen molar-refractivity contribution in [3.05, 3.63) is 58.8 Å². The van der Waals surface area contributed by atoms with E-state index in [1.54, 1.807) is 14.2 Å². The van der Waals surface area contributed by atoms with E-state index < -0.39 is 0 Å². The molecule has 3 aliphatic rings. The van der Waals surface area contributed by atoms with Gasteiger partial charge < -0.3 is 24.3 Å². The zero-order valence-electron chi connectivity index (χ0n) is 17.4. The average molecular weight is 421 g/mol. The Balaban J connectivity index is 1.52. The summed E-state index contributed by atoms with van der Waals surface area (Å²) in [5, 5.41) is 2.96. The molecule has 1 N–H and O–H groups in total. The molecule has 7 heteroatoms. The molecular formula is C24H23NO6. The number of ketones is 1. The molecule has 160 valence electrons. The summed E-state index contributed by atoms with van der Waals surface area (Å²) in [6, 6.07) is 11.2. The molecule has 2 aliphatic heterocycles. The average Bonchev–Trinajstić information content (AvgIpc) is 3.25. The van der Waals surface area contributed by atoms with Crippen LogP contribution in [0.15, 0.2) is 47.7 Å². The Morgan fingerprint density at radius 1 is 0.935 bits per heavy atom. The Bertz CT molecular complexity index is 1110. The fourth-order valence-electron chi connectivity index (χ4n) is 4.75. The number of nitrogens with one attached hydrogen (secondary N) is 1. The molecule has 0 unspecified atom stereocenters. The lowest BCUT2D eigenvalue weighted by Crippen LogP contribution is -2.38. The van der Waals surface area contributed by atoms with E-state index in [9.17, 15) is 9.59 Å². The number of benzene rings is 2. The van der Waals surface area contributed by atoms with Crippen molar-refractivity contribution < 1.29 is 28.5 Å². The van der Waals surface area contributed by atoms with Gasteiger partial charge in [0.25, 0.3) is 0 Å². The highest BCUT2D eigenvalue weighted by Crippen LogP contribution is 2.46. The van der Waals surface area contributed by atoms with Crippen molar-refractivity contribution >= 4 is 11.7 Å². The van der Waals surface area contributed by atoms with Gasteiger partial charge in [-0.3, -0.25) is 9.59 Å². The van der Waals surface area contributed by atoms with Gasteiger partial charge in [-0.2, -0.15) is 0 Å². The first-order valence-electron chi connectivity index (χ1n) is 10.2. The van der Waals surface area contributed by atoms with Crippen molar-refractivity contribution in [1.29, 1.82) is 0 Å². The van der Waals surface area contributed by atoms with Gasteiger partial charge in [-0.15, -0.1) is 0 Å². The Morgan fingerprint density at radius 3 is 2.58 bits per heavy atom. The van der Waals surface area contributed by atoms with E-state index in [1.165, 1.54) is 0 Å². The third-order valence-electron chi connectivity index (χ3n) is 6.21. The third kappa shape index (κ3) is 3.40. The van der Waals surface area contributed by atoms with Crippen LogP contribution < -0.4 is 24.3 Å². The molecule has 31 heavy (non-hydrogen) atoms. The molecule has 0 fully saturated rings. The van der Waals surface area contributed by atoms with Gasteiger partial charge in [-0.05, 0) is 42.3 Å². The summed E-state index contributed by atoms with van der Waals surface area (Å²) in [5.41, 5.74) is 3.18. The number of carbonyl (C=O) groups excluding carboxylic acids is 2. The van der Waals surface area contributed by atoms with E-state index in [4.69, 9.17) is 18.9 Å². The molecular weight excluding hydrogens is 398 g/mol. The summed E-state index contributed by atoms with van der Waals surface area (Å²) >= 11 is 0. The second-order valence-electron chi connectivity index (χ2n) is 7.95. The third-order valence-corrected chi connectivity index (χ3v) is 6.21. The molecule has 2 heterocycles. The number of carbonyl (C=O) groups is 2. The van der Waals surface area contributed by atoms with Crippen LogP contribution in [-0.2, 0) is 9.59 Å². The van der Waals surface area contributed by atoms with Crippen molar-refractivity contribution in [3.8, 4) is 23.0 Å². The molecule has 1 amide bonds. The van der Waals surface area contributed by atoms with Gasteiger partial charge in [0.15, 0.2) is 17.3 Å². The Labute approximate surface area is 179 Å². The highest BCUT2D eigenvalue weighted by molar-refractivity contribution is 6.02. The monoisotopic (exact) mass is 421 g/mol. The first kappa shape index (κ1) is 19.5. The molecule has 0 radical (unpaired) electrons. The second kappa shape index (κ2) is 7.65. The molecule has 0 aromatic heterocycles. The predicted octanol–water partition coefficient (Wildman–Crippen LogP) is 3.44. The van der Waals surface area contributed by atoms with Crippen molar-refractivity contribution in [2.24, 2.45) is 0 Å². The fraction of sp³-hybridized carbons (Fsp3) is 0.333. The maximum Gasteiger partial charge on any atom is 0.231 e. The molecule has 1 aliphatic carbocycles. The van der Waals surface area contributed by atoms with Crippen molar-refractivity contribution in [2.45, 2.75) is 31.1 Å². The summed E-state index contributed by atoms with van der Waals surface area (Å²) in [4.78, 5) is 25.9. The normalized spacial score (nSPS) is 22.1. The van der Waals surface area contributed by atoms with Crippen LogP contribution in [0.3, 0.4) is 0 Å². The molecule has 7 nitrogen and oxygen atoms in total. The molecule has 5 rings (SSSR count). The number of Topliss-reactive ketones (excluding diaryl/α,β-unsaturated/α-hetero) is 1. The summed E-state index contributed by atoms with van der Waals surface area (Å²) in [5.74, 6) is 2.29. The molecule has 2 atom stereocenters. The van der Waals surface area contributed by atoms with Crippen LogP contribution in [0.2, 0.25) is 0 Å². The van der Waals surface area contributed by atoms with Crippen LogP contribution in [0, 0.1) is 0 Å². The number of allylic oxidation sites excluding steroid dienone is 2. The minimum Gasteiger partial charge on any atom is -0.497 e. The largest absolute Gasteiger partial charge is 0.497 e. The number of amides is 1. The number of rotatable bonds is 4. The predicted molar refractivity (Wildman–Crippen MR) is 112 cm³/mol. The number of fused-ring (bicyclic) bond motifs is 1. The smallest absolute Gasteiger partial charge is 0.231 e. The SMILES string of the molecule is COc1ccc(OC)c([C@H]2CC(=O)C3=C(C2)NC(=O)C[C@H]3c2ccc3c(c2)OCO3)c1.